The summed E-state index contributed by atoms with van der Waals surface area (Å²) in [5.74, 6) is 0. The molecule has 0 fully saturated rings. The number of hydrogen-bond acceptors (Lipinski definition) is 2. The van der Waals surface area contributed by atoms with E-state index in [0.717, 1.165) is 39.3 Å². The molecule has 0 saturated carbocycles. The van der Waals surface area contributed by atoms with E-state index in [0.29, 0.717) is 6.67 Å². The molecule has 4 heteroatoms. The highest BCUT2D eigenvalue weighted by molar-refractivity contribution is 6.30. The molecular formula is C63H44N4. The molecule has 12 rings (SSSR count). The number of nitrogens with zero attached hydrogens (tertiary/aromatic N) is 4. The van der Waals surface area contributed by atoms with E-state index < -0.39 is 0 Å². The Balaban J connectivity index is 1.10. The number of allylic oxidation sites excluding steroid dienone is 1. The normalized spacial score (nSPS) is 12.2. The summed E-state index contributed by atoms with van der Waals surface area (Å²) in [5, 5.41) is 7.28. The van der Waals surface area contributed by atoms with Gasteiger partial charge in [-0.25, -0.2) is 0 Å². The molecule has 0 bridgehead atoms. The Morgan fingerprint density at radius 2 is 0.821 bits per heavy atom. The number of rotatable bonds is 10. The van der Waals surface area contributed by atoms with Crippen molar-refractivity contribution in [3.05, 3.63) is 254 Å². The average molecular weight is 857 g/mol. The third-order valence-corrected chi connectivity index (χ3v) is 13.2. The minimum atomic E-state index is 0.400. The van der Waals surface area contributed by atoms with Gasteiger partial charge >= 0.3 is 0 Å². The monoisotopic (exact) mass is 856 g/mol. The Hall–Kier alpha value is -8.86. The maximum Gasteiger partial charge on any atom is 0.115 e. The number of aromatic nitrogens is 2. The van der Waals surface area contributed by atoms with Crippen LogP contribution >= 0.6 is 0 Å². The molecule has 316 valence electrons. The van der Waals surface area contributed by atoms with Gasteiger partial charge in [0.2, 0.25) is 0 Å². The third kappa shape index (κ3) is 7.13. The Morgan fingerprint density at radius 1 is 0.388 bits per heavy atom. The quantitative estimate of drug-likeness (QED) is 0.123. The van der Waals surface area contributed by atoms with E-state index >= 15 is 0 Å². The first-order chi connectivity index (χ1) is 33.2. The van der Waals surface area contributed by atoms with Crippen molar-refractivity contribution in [3.63, 3.8) is 0 Å². The van der Waals surface area contributed by atoms with Crippen LogP contribution in [0.25, 0.3) is 99.1 Å². The van der Waals surface area contributed by atoms with Gasteiger partial charge in [-0.2, -0.15) is 0 Å². The molecule has 67 heavy (non-hydrogen) atoms. The van der Waals surface area contributed by atoms with Gasteiger partial charge in [-0.05, 0) is 111 Å². The molecule has 0 aliphatic rings. The second kappa shape index (κ2) is 16.9. The number of benzene rings is 10. The van der Waals surface area contributed by atoms with Gasteiger partial charge in [-0.15, -0.1) is 0 Å². The Kier molecular flexibility index (Phi) is 10.0. The Bertz CT molecular complexity index is 3850. The van der Waals surface area contributed by atoms with E-state index in [1.807, 2.05) is 24.3 Å². The molecule has 4 nitrogen and oxygen atoms in total. The standard InChI is InChI=1S/C63H44N4/c1-64-56(47-23-13-5-14-24-47)41-57(48-25-15-6-16-26-48)65-42-66-58-35-29-49(44-19-9-3-10-20-44)39-54(58)62-52-34-38-61-63(53(52)33-37-60(62)66)55-40-50(45-21-11-4-12-22-45)30-36-59(55)67(61)51-31-27-46(28-32-51)43-17-7-2-8-18-43/h2-41H,1,42H2/b56-41-,65-57+. The van der Waals surface area contributed by atoms with Crippen molar-refractivity contribution < 1.29 is 0 Å². The summed E-state index contributed by atoms with van der Waals surface area (Å²) in [6.07, 6.45) is 2.06. The lowest BCUT2D eigenvalue weighted by Gasteiger charge is -2.11. The second-order valence-corrected chi connectivity index (χ2v) is 17.0. The highest BCUT2D eigenvalue weighted by atomic mass is 15.1. The lowest BCUT2D eigenvalue weighted by Crippen LogP contribution is -2.03. The molecule has 0 radical (unpaired) electrons. The highest BCUT2D eigenvalue weighted by Gasteiger charge is 2.20. The van der Waals surface area contributed by atoms with Crippen molar-refractivity contribution in [2.24, 2.45) is 9.98 Å². The summed E-state index contributed by atoms with van der Waals surface area (Å²) in [7, 11) is 0. The lowest BCUT2D eigenvalue weighted by molar-refractivity contribution is 0.794. The van der Waals surface area contributed by atoms with Gasteiger partial charge in [0.25, 0.3) is 0 Å². The smallest absolute Gasteiger partial charge is 0.115 e. The molecule has 0 atom stereocenters. The van der Waals surface area contributed by atoms with Crippen LogP contribution in [0.3, 0.4) is 0 Å². The highest BCUT2D eigenvalue weighted by Crippen LogP contribution is 2.43. The molecular weight excluding hydrogens is 813 g/mol. The first kappa shape index (κ1) is 39.7. The van der Waals surface area contributed by atoms with Crippen LogP contribution in [0.15, 0.2) is 253 Å². The zero-order chi connectivity index (χ0) is 44.7. The molecule has 2 aromatic heterocycles. The number of fused-ring (bicyclic) bond motifs is 9. The van der Waals surface area contributed by atoms with Crippen molar-refractivity contribution in [3.8, 4) is 39.1 Å². The average Bonchev–Trinajstić information content (AvgIpc) is 3.92. The predicted molar refractivity (Wildman–Crippen MR) is 285 cm³/mol. The summed E-state index contributed by atoms with van der Waals surface area (Å²) in [6.45, 7) is 4.35. The summed E-state index contributed by atoms with van der Waals surface area (Å²) < 4.78 is 4.80. The number of hydrogen-bond donors (Lipinski definition) is 0. The van der Waals surface area contributed by atoms with Gasteiger partial charge in [-0.1, -0.05) is 188 Å². The largest absolute Gasteiger partial charge is 0.320 e. The van der Waals surface area contributed by atoms with E-state index in [1.54, 1.807) is 0 Å². The first-order valence-corrected chi connectivity index (χ1v) is 22.8. The van der Waals surface area contributed by atoms with E-state index in [-0.39, 0.29) is 0 Å². The first-order valence-electron chi connectivity index (χ1n) is 22.8. The van der Waals surface area contributed by atoms with Gasteiger partial charge in [0.1, 0.15) is 6.67 Å². The minimum Gasteiger partial charge on any atom is -0.320 e. The summed E-state index contributed by atoms with van der Waals surface area (Å²) >= 11 is 0. The van der Waals surface area contributed by atoms with Crippen LogP contribution in [0.5, 0.6) is 0 Å². The number of aliphatic imine (C=N–C) groups is 2. The maximum atomic E-state index is 5.41. The van der Waals surface area contributed by atoms with Gasteiger partial charge in [0.15, 0.2) is 0 Å². The van der Waals surface area contributed by atoms with Gasteiger partial charge in [-0.3, -0.25) is 9.98 Å². The van der Waals surface area contributed by atoms with Gasteiger partial charge in [0, 0.05) is 32.8 Å². The molecule has 0 amide bonds. The van der Waals surface area contributed by atoms with Crippen LogP contribution < -0.4 is 0 Å². The summed E-state index contributed by atoms with van der Waals surface area (Å²) in [4.78, 5) is 9.88. The fraction of sp³-hybridized carbons (Fsp3) is 0.0159. The van der Waals surface area contributed by atoms with Crippen LogP contribution in [0.1, 0.15) is 11.1 Å². The van der Waals surface area contributed by atoms with Crippen LogP contribution in [0.4, 0.5) is 0 Å². The molecule has 2 heterocycles. The van der Waals surface area contributed by atoms with Gasteiger partial charge in [0.05, 0.1) is 33.5 Å². The zero-order valence-electron chi connectivity index (χ0n) is 36.8. The van der Waals surface area contributed by atoms with Crippen molar-refractivity contribution >= 4 is 72.5 Å². The van der Waals surface area contributed by atoms with Crippen LogP contribution in [-0.2, 0) is 6.67 Å². The summed E-state index contributed by atoms with van der Waals surface area (Å²) in [5.41, 5.74) is 16.5. The molecule has 0 unspecified atom stereocenters. The van der Waals surface area contributed by atoms with Crippen LogP contribution in [0, 0.1) is 0 Å². The molecule has 0 N–H and O–H groups in total. The molecule has 0 aliphatic carbocycles. The fourth-order valence-electron chi connectivity index (χ4n) is 9.94. The molecule has 0 aliphatic heterocycles. The van der Waals surface area contributed by atoms with Crippen molar-refractivity contribution in [1.29, 1.82) is 0 Å². The van der Waals surface area contributed by atoms with Crippen molar-refractivity contribution in [2.75, 3.05) is 0 Å². The van der Waals surface area contributed by atoms with Crippen LogP contribution in [-0.4, -0.2) is 21.6 Å². The van der Waals surface area contributed by atoms with E-state index in [9.17, 15) is 0 Å². The Labute approximate surface area is 389 Å². The van der Waals surface area contributed by atoms with E-state index in [4.69, 9.17) is 4.99 Å². The topological polar surface area (TPSA) is 34.6 Å². The molecule has 0 saturated heterocycles. The Morgan fingerprint density at radius 3 is 1.39 bits per heavy atom. The van der Waals surface area contributed by atoms with Crippen LogP contribution in [0.2, 0.25) is 0 Å². The molecule has 10 aromatic carbocycles. The predicted octanol–water partition coefficient (Wildman–Crippen LogP) is 16.2. The summed E-state index contributed by atoms with van der Waals surface area (Å²) in [6, 6.07) is 84.7. The van der Waals surface area contributed by atoms with E-state index in [2.05, 4.69) is 239 Å². The molecule has 12 aromatic rings. The third-order valence-electron chi connectivity index (χ3n) is 13.2. The van der Waals surface area contributed by atoms with E-state index in [1.165, 1.54) is 76.7 Å². The zero-order valence-corrected chi connectivity index (χ0v) is 36.8. The fourth-order valence-corrected chi connectivity index (χ4v) is 9.94. The van der Waals surface area contributed by atoms with Crippen molar-refractivity contribution in [2.45, 2.75) is 6.67 Å². The second-order valence-electron chi connectivity index (χ2n) is 17.0. The van der Waals surface area contributed by atoms with Gasteiger partial charge < -0.3 is 9.13 Å². The minimum absolute atomic E-state index is 0.400. The SMILES string of the molecule is C=N/C(=C\C(=N/Cn1c2ccc(-c3ccccc3)cc2c2c3ccc4c(c3ccc21)c1cc(-c2ccccc2)ccc1n4-c1ccc(-c2ccccc2)cc1)c1ccccc1)c1ccccc1. The maximum absolute atomic E-state index is 5.41. The molecule has 0 spiro atoms. The van der Waals surface area contributed by atoms with Crippen molar-refractivity contribution in [1.82, 2.24) is 9.13 Å². The lowest BCUT2D eigenvalue weighted by atomic mass is 9.97.